The monoisotopic (exact) mass is 215 g/mol. The Bertz CT molecular complexity index is 196. The number of carbonyl (C=O) groups is 1. The molecule has 0 saturated carbocycles. The topological polar surface area (TPSA) is 38.8 Å². The van der Waals surface area contributed by atoms with E-state index in [2.05, 4.69) is 4.90 Å². The Balaban J connectivity index is 2.04. The van der Waals surface area contributed by atoms with Crippen LogP contribution in [0.2, 0.25) is 0 Å². The van der Waals surface area contributed by atoms with Gasteiger partial charge in [-0.2, -0.15) is 0 Å². The molecule has 0 aromatic carbocycles. The smallest absolute Gasteiger partial charge is 0.323 e. The van der Waals surface area contributed by atoms with Gasteiger partial charge in [-0.1, -0.05) is 0 Å². The van der Waals surface area contributed by atoms with Crippen LogP contribution in [0.5, 0.6) is 0 Å². The average molecular weight is 215 g/mol. The summed E-state index contributed by atoms with van der Waals surface area (Å²) in [7, 11) is 3.18. The number of hydrogen-bond donors (Lipinski definition) is 0. The molecule has 0 aromatic heterocycles. The summed E-state index contributed by atoms with van der Waals surface area (Å²) in [6, 6.07) is 0.0254. The standard InChI is InChI=1S/C11H21NO3/c1-14-9-5-3-4-7-12-8-6-10(12)11(13)15-2/h10H,3-9H2,1-2H3. The van der Waals surface area contributed by atoms with E-state index in [9.17, 15) is 4.79 Å². The molecule has 1 fully saturated rings. The highest BCUT2D eigenvalue weighted by molar-refractivity contribution is 5.76. The second kappa shape index (κ2) is 6.80. The first-order valence-electron chi connectivity index (χ1n) is 5.60. The van der Waals surface area contributed by atoms with Gasteiger partial charge in [0.05, 0.1) is 7.11 Å². The van der Waals surface area contributed by atoms with Gasteiger partial charge in [0, 0.05) is 20.3 Å². The van der Waals surface area contributed by atoms with Crippen molar-refractivity contribution in [1.29, 1.82) is 0 Å². The largest absolute Gasteiger partial charge is 0.468 e. The van der Waals surface area contributed by atoms with Crippen LogP contribution in [0.4, 0.5) is 0 Å². The minimum absolute atomic E-state index is 0.0254. The first-order valence-corrected chi connectivity index (χ1v) is 5.60. The molecular weight excluding hydrogens is 194 g/mol. The molecule has 88 valence electrons. The van der Waals surface area contributed by atoms with Crippen LogP contribution in [0.25, 0.3) is 0 Å². The molecule has 0 bridgehead atoms. The van der Waals surface area contributed by atoms with Crippen LogP contribution in [-0.2, 0) is 14.3 Å². The maximum absolute atomic E-state index is 11.3. The Kier molecular flexibility index (Phi) is 5.65. The minimum atomic E-state index is -0.0851. The van der Waals surface area contributed by atoms with E-state index in [1.807, 2.05) is 0 Å². The summed E-state index contributed by atoms with van der Waals surface area (Å²) >= 11 is 0. The van der Waals surface area contributed by atoms with Crippen molar-refractivity contribution in [2.75, 3.05) is 33.9 Å². The van der Waals surface area contributed by atoms with Crippen molar-refractivity contribution >= 4 is 5.97 Å². The van der Waals surface area contributed by atoms with Gasteiger partial charge in [0.25, 0.3) is 0 Å². The van der Waals surface area contributed by atoms with Crippen molar-refractivity contribution in [2.24, 2.45) is 0 Å². The van der Waals surface area contributed by atoms with Crippen molar-refractivity contribution in [1.82, 2.24) is 4.90 Å². The fraction of sp³-hybridized carbons (Fsp3) is 0.909. The highest BCUT2D eigenvalue weighted by atomic mass is 16.5. The molecule has 1 aliphatic rings. The fourth-order valence-corrected chi connectivity index (χ4v) is 1.85. The van der Waals surface area contributed by atoms with Crippen LogP contribution < -0.4 is 0 Å². The molecular formula is C11H21NO3. The van der Waals surface area contributed by atoms with E-state index in [0.717, 1.165) is 45.4 Å². The number of ether oxygens (including phenoxy) is 2. The maximum atomic E-state index is 11.3. The molecule has 0 amide bonds. The van der Waals surface area contributed by atoms with Gasteiger partial charge in [-0.25, -0.2) is 0 Å². The highest BCUT2D eigenvalue weighted by Crippen LogP contribution is 2.19. The summed E-state index contributed by atoms with van der Waals surface area (Å²) in [5.41, 5.74) is 0. The Labute approximate surface area is 91.5 Å². The zero-order valence-electron chi connectivity index (χ0n) is 9.70. The van der Waals surface area contributed by atoms with Crippen LogP contribution >= 0.6 is 0 Å². The first kappa shape index (κ1) is 12.5. The normalized spacial score (nSPS) is 21.1. The number of nitrogens with zero attached hydrogens (tertiary/aromatic N) is 1. The molecule has 1 heterocycles. The van der Waals surface area contributed by atoms with E-state index in [4.69, 9.17) is 9.47 Å². The number of methoxy groups -OCH3 is 2. The molecule has 1 rings (SSSR count). The number of rotatable bonds is 7. The second-order valence-electron chi connectivity index (χ2n) is 3.92. The molecule has 1 aliphatic heterocycles. The molecule has 1 saturated heterocycles. The molecule has 4 heteroatoms. The summed E-state index contributed by atoms with van der Waals surface area (Å²) in [4.78, 5) is 13.4. The van der Waals surface area contributed by atoms with Crippen molar-refractivity contribution in [3.8, 4) is 0 Å². The maximum Gasteiger partial charge on any atom is 0.323 e. The van der Waals surface area contributed by atoms with Crippen LogP contribution in [0.15, 0.2) is 0 Å². The molecule has 0 aliphatic carbocycles. The third-order valence-corrected chi connectivity index (χ3v) is 2.90. The van der Waals surface area contributed by atoms with Crippen molar-refractivity contribution in [2.45, 2.75) is 31.7 Å². The van der Waals surface area contributed by atoms with E-state index >= 15 is 0 Å². The number of carbonyl (C=O) groups excluding carboxylic acids is 1. The molecule has 0 radical (unpaired) electrons. The molecule has 0 N–H and O–H groups in total. The van der Waals surface area contributed by atoms with Gasteiger partial charge in [-0.05, 0) is 32.2 Å². The second-order valence-corrected chi connectivity index (χ2v) is 3.92. The fourth-order valence-electron chi connectivity index (χ4n) is 1.85. The van der Waals surface area contributed by atoms with Gasteiger partial charge in [0.2, 0.25) is 0 Å². The molecule has 0 spiro atoms. The lowest BCUT2D eigenvalue weighted by Crippen LogP contribution is -2.52. The lowest BCUT2D eigenvalue weighted by molar-refractivity contribution is -0.151. The lowest BCUT2D eigenvalue weighted by Gasteiger charge is -2.38. The third-order valence-electron chi connectivity index (χ3n) is 2.90. The summed E-state index contributed by atoms with van der Waals surface area (Å²) < 4.78 is 9.71. The summed E-state index contributed by atoms with van der Waals surface area (Å²) in [6.07, 6.45) is 4.35. The Morgan fingerprint density at radius 1 is 1.33 bits per heavy atom. The Morgan fingerprint density at radius 2 is 2.13 bits per heavy atom. The van der Waals surface area contributed by atoms with Crippen LogP contribution in [0.1, 0.15) is 25.7 Å². The van der Waals surface area contributed by atoms with Gasteiger partial charge in [0.1, 0.15) is 6.04 Å². The molecule has 1 atom stereocenters. The van der Waals surface area contributed by atoms with Crippen molar-refractivity contribution in [3.05, 3.63) is 0 Å². The summed E-state index contributed by atoms with van der Waals surface area (Å²) in [5, 5.41) is 0. The van der Waals surface area contributed by atoms with Gasteiger partial charge in [-0.15, -0.1) is 0 Å². The average Bonchev–Trinajstić information content (AvgIpc) is 2.21. The van der Waals surface area contributed by atoms with E-state index < -0.39 is 0 Å². The quantitative estimate of drug-likeness (QED) is 0.470. The SMILES string of the molecule is COCCCCCN1CCC1C(=O)OC. The summed E-state index contributed by atoms with van der Waals surface area (Å²) in [5.74, 6) is -0.0851. The Hall–Kier alpha value is -0.610. The number of likely N-dealkylation sites (tertiary alicyclic amines) is 1. The van der Waals surface area contributed by atoms with E-state index in [0.29, 0.717) is 0 Å². The predicted octanol–water partition coefficient (Wildman–Crippen LogP) is 1.05. The van der Waals surface area contributed by atoms with Crippen molar-refractivity contribution in [3.63, 3.8) is 0 Å². The van der Waals surface area contributed by atoms with Gasteiger partial charge in [0.15, 0.2) is 0 Å². The van der Waals surface area contributed by atoms with E-state index in [1.54, 1.807) is 7.11 Å². The zero-order chi connectivity index (χ0) is 11.1. The number of esters is 1. The lowest BCUT2D eigenvalue weighted by atomic mass is 10.0. The first-order chi connectivity index (χ1) is 7.29. The molecule has 4 nitrogen and oxygen atoms in total. The van der Waals surface area contributed by atoms with Gasteiger partial charge >= 0.3 is 5.97 Å². The number of unbranched alkanes of at least 4 members (excludes halogenated alkanes) is 2. The van der Waals surface area contributed by atoms with Crippen molar-refractivity contribution < 1.29 is 14.3 Å². The number of hydrogen-bond acceptors (Lipinski definition) is 4. The van der Waals surface area contributed by atoms with Crippen LogP contribution in [0, 0.1) is 0 Å². The minimum Gasteiger partial charge on any atom is -0.468 e. The van der Waals surface area contributed by atoms with Gasteiger partial charge in [-0.3, -0.25) is 9.69 Å². The zero-order valence-corrected chi connectivity index (χ0v) is 9.70. The molecule has 15 heavy (non-hydrogen) atoms. The highest BCUT2D eigenvalue weighted by Gasteiger charge is 2.34. The Morgan fingerprint density at radius 3 is 2.67 bits per heavy atom. The van der Waals surface area contributed by atoms with Crippen LogP contribution in [-0.4, -0.2) is 50.8 Å². The summed E-state index contributed by atoms with van der Waals surface area (Å²) in [6.45, 7) is 2.87. The molecule has 0 aromatic rings. The predicted molar refractivity (Wildman–Crippen MR) is 57.7 cm³/mol. The third kappa shape index (κ3) is 3.80. The van der Waals surface area contributed by atoms with E-state index in [1.165, 1.54) is 7.11 Å². The molecule has 1 unspecified atom stereocenters. The van der Waals surface area contributed by atoms with Gasteiger partial charge < -0.3 is 9.47 Å². The van der Waals surface area contributed by atoms with E-state index in [-0.39, 0.29) is 12.0 Å². The van der Waals surface area contributed by atoms with Crippen LogP contribution in [0.3, 0.4) is 0 Å².